The van der Waals surface area contributed by atoms with Crippen LogP contribution < -0.4 is 25.0 Å². The zero-order chi connectivity index (χ0) is 44.5. The fourth-order valence-electron chi connectivity index (χ4n) is 10.1. The number of hydrogen-bond donors (Lipinski definition) is 0. The second kappa shape index (κ2) is 15.9. The van der Waals surface area contributed by atoms with Crippen molar-refractivity contribution in [2.75, 3.05) is 9.80 Å². The Labute approximate surface area is 376 Å². The highest BCUT2D eigenvalue weighted by Gasteiger charge is 2.35. The predicted octanol–water partition coefficient (Wildman–Crippen LogP) is 15.4. The van der Waals surface area contributed by atoms with E-state index in [9.17, 15) is 0 Å². The lowest BCUT2D eigenvalue weighted by Gasteiger charge is -2.31. The van der Waals surface area contributed by atoms with Crippen LogP contribution in [0.25, 0.3) is 22.9 Å². The van der Waals surface area contributed by atoms with Gasteiger partial charge < -0.3 is 14.5 Å². The van der Waals surface area contributed by atoms with Crippen LogP contribution in [-0.4, -0.2) is 6.10 Å². The van der Waals surface area contributed by atoms with Gasteiger partial charge in [-0.3, -0.25) is 0 Å². The van der Waals surface area contributed by atoms with Crippen molar-refractivity contribution in [2.45, 2.75) is 118 Å². The molecular formula is C60H64N2O. The maximum absolute atomic E-state index is 7.10. The molecule has 0 fully saturated rings. The van der Waals surface area contributed by atoms with Crippen LogP contribution in [0.4, 0.5) is 34.1 Å². The Morgan fingerprint density at radius 2 is 1.00 bits per heavy atom. The molecule has 1 aliphatic heterocycles. The first-order chi connectivity index (χ1) is 30.0. The number of aryl methyl sites for hydroxylation is 2. The molecule has 0 spiro atoms. The van der Waals surface area contributed by atoms with Crippen molar-refractivity contribution in [3.05, 3.63) is 183 Å². The minimum absolute atomic E-state index is 0.0744. The Morgan fingerprint density at radius 1 is 0.508 bits per heavy atom. The summed E-state index contributed by atoms with van der Waals surface area (Å²) in [6, 6.07) is 50.0. The average Bonchev–Trinajstić information content (AvgIpc) is 3.58. The number of para-hydroxylation sites is 2. The molecule has 0 aromatic heterocycles. The highest BCUT2D eigenvalue weighted by atomic mass is 16.5. The maximum atomic E-state index is 7.10. The van der Waals surface area contributed by atoms with E-state index in [1.54, 1.807) is 0 Å². The Hall–Kier alpha value is -6.06. The van der Waals surface area contributed by atoms with Gasteiger partial charge in [-0.2, -0.15) is 0 Å². The van der Waals surface area contributed by atoms with Gasteiger partial charge >= 0.3 is 0 Å². The highest BCUT2D eigenvalue weighted by Crippen LogP contribution is 2.49. The van der Waals surface area contributed by atoms with Gasteiger partial charge in [-0.05, 0) is 158 Å². The summed E-state index contributed by atoms with van der Waals surface area (Å²) in [5.41, 5.74) is 16.3. The van der Waals surface area contributed by atoms with Crippen LogP contribution in [0.1, 0.15) is 126 Å². The summed E-state index contributed by atoms with van der Waals surface area (Å²) >= 11 is 0. The van der Waals surface area contributed by atoms with Crippen molar-refractivity contribution in [2.24, 2.45) is 0 Å². The average molecular weight is 829 g/mol. The molecule has 7 aromatic carbocycles. The number of benzene rings is 7. The van der Waals surface area contributed by atoms with E-state index in [0.717, 1.165) is 17.1 Å². The molecular weight excluding hydrogens is 765 g/mol. The second-order valence-electron chi connectivity index (χ2n) is 20.7. The van der Waals surface area contributed by atoms with Crippen LogP contribution in [-0.2, 0) is 10.8 Å². The van der Waals surface area contributed by atoms with Crippen molar-refractivity contribution in [1.82, 2.24) is 0 Å². The van der Waals surface area contributed by atoms with Crippen molar-refractivity contribution < 1.29 is 4.74 Å². The van der Waals surface area contributed by atoms with Gasteiger partial charge in [0.25, 0.3) is 0 Å². The lowest BCUT2D eigenvalue weighted by molar-refractivity contribution is 0.288. The monoisotopic (exact) mass is 829 g/mol. The first-order valence-corrected chi connectivity index (χ1v) is 23.1. The molecule has 0 amide bonds. The predicted molar refractivity (Wildman–Crippen MR) is 270 cm³/mol. The third-order valence-corrected chi connectivity index (χ3v) is 13.5. The van der Waals surface area contributed by atoms with Gasteiger partial charge in [0.05, 0.1) is 11.4 Å². The molecule has 63 heavy (non-hydrogen) atoms. The molecule has 0 N–H and O–H groups in total. The molecule has 2 aliphatic rings. The van der Waals surface area contributed by atoms with Crippen LogP contribution in [0, 0.1) is 13.8 Å². The van der Waals surface area contributed by atoms with E-state index in [4.69, 9.17) is 4.74 Å². The maximum Gasteiger partial charge on any atom is 0.128 e. The molecule has 0 bridgehead atoms. The summed E-state index contributed by atoms with van der Waals surface area (Å²) in [4.78, 5) is 4.94. The summed E-state index contributed by atoms with van der Waals surface area (Å²) in [5, 5.41) is 5.06. The summed E-state index contributed by atoms with van der Waals surface area (Å²) in [6.45, 7) is 27.4. The molecule has 0 radical (unpaired) electrons. The van der Waals surface area contributed by atoms with Gasteiger partial charge in [-0.15, -0.1) is 0 Å². The normalized spacial score (nSPS) is 15.7. The number of anilines is 6. The SMILES string of the molecule is Cc1ccccc1N(c1ccc(C(C)(C)C)cc1)c1ccc2c(c1C(C)C)=CC1Oc3cc4c(C(C)C)c(N(c5ccc(C(C)(C)C)cc5)c5ccccc5C)ccc4cc3C1C=2. The van der Waals surface area contributed by atoms with Gasteiger partial charge in [0.2, 0.25) is 0 Å². The van der Waals surface area contributed by atoms with E-state index < -0.39 is 0 Å². The number of ether oxygens (including phenoxy) is 1. The van der Waals surface area contributed by atoms with Crippen molar-refractivity contribution in [3.63, 3.8) is 0 Å². The summed E-state index contributed by atoms with van der Waals surface area (Å²) < 4.78 is 7.10. The second-order valence-corrected chi connectivity index (χ2v) is 20.7. The summed E-state index contributed by atoms with van der Waals surface area (Å²) in [6.07, 6.45) is 4.81. The van der Waals surface area contributed by atoms with Crippen LogP contribution in [0.2, 0.25) is 0 Å². The van der Waals surface area contributed by atoms with E-state index in [-0.39, 0.29) is 34.7 Å². The molecule has 1 heterocycles. The number of fused-ring (bicyclic) bond motifs is 5. The molecule has 3 heteroatoms. The Morgan fingerprint density at radius 3 is 1.49 bits per heavy atom. The fraction of sp³-hybridized carbons (Fsp3) is 0.300. The zero-order valence-corrected chi connectivity index (χ0v) is 39.5. The smallest absolute Gasteiger partial charge is 0.128 e. The summed E-state index contributed by atoms with van der Waals surface area (Å²) in [7, 11) is 0. The van der Waals surface area contributed by atoms with Crippen LogP contribution >= 0.6 is 0 Å². The van der Waals surface area contributed by atoms with Crippen LogP contribution in [0.5, 0.6) is 5.75 Å². The first-order valence-electron chi connectivity index (χ1n) is 23.1. The van der Waals surface area contributed by atoms with Gasteiger partial charge in [-0.25, -0.2) is 0 Å². The third kappa shape index (κ3) is 7.64. The zero-order valence-electron chi connectivity index (χ0n) is 39.5. The van der Waals surface area contributed by atoms with E-state index in [1.807, 2.05) is 0 Å². The Kier molecular flexibility index (Phi) is 10.7. The van der Waals surface area contributed by atoms with Crippen LogP contribution in [0.3, 0.4) is 0 Å². The molecule has 320 valence electrons. The lowest BCUT2D eigenvalue weighted by atomic mass is 9.84. The largest absolute Gasteiger partial charge is 0.485 e. The molecule has 2 atom stereocenters. The topological polar surface area (TPSA) is 15.7 Å². The molecule has 0 saturated carbocycles. The van der Waals surface area contributed by atoms with Gasteiger partial charge in [0, 0.05) is 34.2 Å². The van der Waals surface area contributed by atoms with E-state index in [0.29, 0.717) is 0 Å². The van der Waals surface area contributed by atoms with Crippen molar-refractivity contribution >= 4 is 57.0 Å². The minimum atomic E-state index is -0.0955. The van der Waals surface area contributed by atoms with Gasteiger partial charge in [0.15, 0.2) is 0 Å². The standard InChI is InChI=1S/C60H64N2O/c1-37(2)57-47-35-55-49(33-41(47)21-31-53(57)61(51-19-15-13-17-39(51)5)45-27-23-43(24-28-45)59(7,8)9)50-34-42-22-32-54(58(38(3)4)48(42)36-56(50)63-55)62(52-20-16-14-18-40(52)6)46-29-25-44(26-30-46)60(10,11)12/h13-38,49,55H,1-12H3. The van der Waals surface area contributed by atoms with Gasteiger partial charge in [0.1, 0.15) is 11.9 Å². The van der Waals surface area contributed by atoms with Gasteiger partial charge in [-0.1, -0.05) is 148 Å². The third-order valence-electron chi connectivity index (χ3n) is 13.5. The van der Waals surface area contributed by atoms with E-state index in [2.05, 4.69) is 238 Å². The summed E-state index contributed by atoms with van der Waals surface area (Å²) in [5.74, 6) is 1.66. The minimum Gasteiger partial charge on any atom is -0.485 e. The molecule has 2 unspecified atom stereocenters. The number of rotatable bonds is 8. The van der Waals surface area contributed by atoms with Crippen LogP contribution in [0.15, 0.2) is 133 Å². The first kappa shape index (κ1) is 42.3. The van der Waals surface area contributed by atoms with E-state index in [1.165, 1.54) is 82.9 Å². The number of nitrogens with zero attached hydrogens (tertiary/aromatic N) is 2. The lowest BCUT2D eigenvalue weighted by Crippen LogP contribution is -2.38. The van der Waals surface area contributed by atoms with E-state index >= 15 is 0 Å². The number of hydrogen-bond acceptors (Lipinski definition) is 3. The Bertz CT molecular complexity index is 2980. The molecule has 9 rings (SSSR count). The Balaban J connectivity index is 1.16. The molecule has 0 saturated heterocycles. The highest BCUT2D eigenvalue weighted by molar-refractivity contribution is 5.96. The quantitative estimate of drug-likeness (QED) is 0.152. The molecule has 1 aliphatic carbocycles. The van der Waals surface area contributed by atoms with Crippen molar-refractivity contribution in [3.8, 4) is 5.75 Å². The molecule has 3 nitrogen and oxygen atoms in total. The van der Waals surface area contributed by atoms with Crippen molar-refractivity contribution in [1.29, 1.82) is 0 Å². The fourth-order valence-corrected chi connectivity index (χ4v) is 10.1. The molecule has 7 aromatic rings.